The zero-order valence-corrected chi connectivity index (χ0v) is 10.9. The summed E-state index contributed by atoms with van der Waals surface area (Å²) in [6.07, 6.45) is 1.86. The van der Waals surface area contributed by atoms with Gasteiger partial charge in [-0.25, -0.2) is 0 Å². The van der Waals surface area contributed by atoms with E-state index < -0.39 is 5.60 Å². The molecule has 0 atom stereocenters. The van der Waals surface area contributed by atoms with Crippen LogP contribution in [0.25, 0.3) is 5.57 Å². The summed E-state index contributed by atoms with van der Waals surface area (Å²) in [5.41, 5.74) is 3.50. The standard InChI is InChI=1S/C15H20O.FH.H2/c1-11(2)14(10-15(4,5)16)13-9-7-6-8-12(13)3;;/h6-10,16H,1H2,2-5H3;2*1H/b14-10+;;. The van der Waals surface area contributed by atoms with Crippen LogP contribution in [0.15, 0.2) is 42.5 Å². The van der Waals surface area contributed by atoms with Gasteiger partial charge in [-0.05, 0) is 50.5 Å². The van der Waals surface area contributed by atoms with Crippen LogP contribution in [0.1, 0.15) is 33.3 Å². The lowest BCUT2D eigenvalue weighted by Crippen LogP contribution is -2.15. The molecule has 0 spiro atoms. The molecule has 0 saturated heterocycles. The van der Waals surface area contributed by atoms with Gasteiger partial charge in [0, 0.05) is 1.43 Å². The Hall–Kier alpha value is -1.41. The zero-order valence-electron chi connectivity index (χ0n) is 10.9. The van der Waals surface area contributed by atoms with Gasteiger partial charge in [0.15, 0.2) is 0 Å². The highest BCUT2D eigenvalue weighted by atomic mass is 19.0. The molecule has 1 N–H and O–H groups in total. The average Bonchev–Trinajstić information content (AvgIpc) is 2.13. The van der Waals surface area contributed by atoms with Crippen molar-refractivity contribution in [3.63, 3.8) is 0 Å². The highest BCUT2D eigenvalue weighted by Crippen LogP contribution is 2.27. The Morgan fingerprint density at radius 2 is 1.88 bits per heavy atom. The first-order chi connectivity index (χ1) is 7.31. The molecule has 0 unspecified atom stereocenters. The highest BCUT2D eigenvalue weighted by Gasteiger charge is 2.13. The van der Waals surface area contributed by atoms with E-state index in [2.05, 4.69) is 25.6 Å². The summed E-state index contributed by atoms with van der Waals surface area (Å²) in [4.78, 5) is 0. The highest BCUT2D eigenvalue weighted by molar-refractivity contribution is 5.80. The number of benzene rings is 1. The summed E-state index contributed by atoms with van der Waals surface area (Å²) in [5, 5.41) is 9.87. The number of aliphatic hydroxyl groups is 1. The summed E-state index contributed by atoms with van der Waals surface area (Å²) in [7, 11) is 0. The minimum Gasteiger partial charge on any atom is -0.386 e. The van der Waals surface area contributed by atoms with Crippen molar-refractivity contribution >= 4 is 5.57 Å². The molecule has 1 aromatic rings. The molecule has 0 aliphatic carbocycles. The van der Waals surface area contributed by atoms with Gasteiger partial charge in [-0.15, -0.1) is 0 Å². The van der Waals surface area contributed by atoms with Crippen molar-refractivity contribution in [2.24, 2.45) is 0 Å². The third-order valence-electron chi connectivity index (χ3n) is 2.39. The van der Waals surface area contributed by atoms with Crippen LogP contribution in [0.5, 0.6) is 0 Å². The van der Waals surface area contributed by atoms with E-state index in [0.717, 1.165) is 16.7 Å². The minimum absolute atomic E-state index is 0. The van der Waals surface area contributed by atoms with Gasteiger partial charge in [-0.3, -0.25) is 4.70 Å². The third-order valence-corrected chi connectivity index (χ3v) is 2.39. The van der Waals surface area contributed by atoms with E-state index in [1.807, 2.05) is 25.1 Å². The molecule has 0 heterocycles. The van der Waals surface area contributed by atoms with Gasteiger partial charge in [-0.2, -0.15) is 0 Å². The summed E-state index contributed by atoms with van der Waals surface area (Å²) in [5.74, 6) is 0. The number of hydrogen-bond donors (Lipinski definition) is 1. The Morgan fingerprint density at radius 3 is 2.29 bits per heavy atom. The molecule has 0 aliphatic rings. The van der Waals surface area contributed by atoms with E-state index in [9.17, 15) is 5.11 Å². The maximum Gasteiger partial charge on any atom is 0.0780 e. The molecule has 2 heteroatoms. The van der Waals surface area contributed by atoms with Crippen LogP contribution in [0, 0.1) is 6.92 Å². The molecule has 0 bridgehead atoms. The molecule has 0 aliphatic heterocycles. The molecular weight excluding hydrogens is 215 g/mol. The van der Waals surface area contributed by atoms with Crippen molar-refractivity contribution in [2.45, 2.75) is 33.3 Å². The van der Waals surface area contributed by atoms with Gasteiger partial charge in [-0.1, -0.05) is 36.4 Å². The van der Waals surface area contributed by atoms with Crippen LogP contribution >= 0.6 is 0 Å². The average molecular weight is 238 g/mol. The topological polar surface area (TPSA) is 20.2 Å². The van der Waals surface area contributed by atoms with Crippen molar-refractivity contribution in [1.29, 1.82) is 0 Å². The second kappa shape index (κ2) is 5.78. The zero-order chi connectivity index (χ0) is 12.3. The van der Waals surface area contributed by atoms with Crippen LogP contribution < -0.4 is 0 Å². The van der Waals surface area contributed by atoms with Gasteiger partial charge < -0.3 is 5.11 Å². The normalized spacial score (nSPS) is 11.9. The van der Waals surface area contributed by atoms with E-state index in [1.165, 1.54) is 5.56 Å². The van der Waals surface area contributed by atoms with Crippen LogP contribution in [0.3, 0.4) is 0 Å². The number of hydrogen-bond acceptors (Lipinski definition) is 1. The second-order valence-corrected chi connectivity index (χ2v) is 4.81. The number of rotatable bonds is 3. The molecule has 0 saturated carbocycles. The van der Waals surface area contributed by atoms with Crippen LogP contribution in [0.2, 0.25) is 0 Å². The van der Waals surface area contributed by atoms with Crippen molar-refractivity contribution in [3.8, 4) is 0 Å². The second-order valence-electron chi connectivity index (χ2n) is 4.81. The molecule has 0 fully saturated rings. The van der Waals surface area contributed by atoms with E-state index in [1.54, 1.807) is 13.8 Å². The summed E-state index contributed by atoms with van der Waals surface area (Å²) >= 11 is 0. The maximum absolute atomic E-state index is 9.87. The fourth-order valence-corrected chi connectivity index (χ4v) is 1.66. The molecule has 1 aromatic carbocycles. The molecule has 1 nitrogen and oxygen atoms in total. The Kier molecular flexibility index (Phi) is 5.30. The number of halogens is 1. The van der Waals surface area contributed by atoms with E-state index in [4.69, 9.17) is 0 Å². The Morgan fingerprint density at radius 1 is 1.35 bits per heavy atom. The fraction of sp³-hybridized carbons (Fsp3) is 0.333. The van der Waals surface area contributed by atoms with Crippen molar-refractivity contribution in [3.05, 3.63) is 53.6 Å². The fourth-order valence-electron chi connectivity index (χ4n) is 1.66. The van der Waals surface area contributed by atoms with E-state index >= 15 is 0 Å². The first kappa shape index (κ1) is 15.6. The molecule has 1 rings (SSSR count). The quantitative estimate of drug-likeness (QED) is 0.785. The van der Waals surface area contributed by atoms with Crippen LogP contribution in [-0.4, -0.2) is 10.7 Å². The van der Waals surface area contributed by atoms with Gasteiger partial charge in [0.05, 0.1) is 5.60 Å². The molecule has 17 heavy (non-hydrogen) atoms. The largest absolute Gasteiger partial charge is 0.386 e. The van der Waals surface area contributed by atoms with E-state index in [-0.39, 0.29) is 6.13 Å². The smallest absolute Gasteiger partial charge is 0.0780 e. The Balaban J connectivity index is 0. The van der Waals surface area contributed by atoms with Gasteiger partial charge >= 0.3 is 0 Å². The predicted molar refractivity (Wildman–Crippen MR) is 74.9 cm³/mol. The van der Waals surface area contributed by atoms with Crippen molar-refractivity contribution in [2.75, 3.05) is 0 Å². The first-order valence-corrected chi connectivity index (χ1v) is 5.48. The Labute approximate surface area is 104 Å². The van der Waals surface area contributed by atoms with Gasteiger partial charge in [0.1, 0.15) is 0 Å². The van der Waals surface area contributed by atoms with Crippen molar-refractivity contribution in [1.82, 2.24) is 0 Å². The van der Waals surface area contributed by atoms with E-state index in [0.29, 0.717) is 0 Å². The molecule has 96 valence electrons. The van der Waals surface area contributed by atoms with Gasteiger partial charge in [0.25, 0.3) is 0 Å². The Bertz CT molecular complexity index is 430. The van der Waals surface area contributed by atoms with Crippen molar-refractivity contribution < 1.29 is 11.2 Å². The minimum atomic E-state index is -0.823. The van der Waals surface area contributed by atoms with Crippen LogP contribution in [-0.2, 0) is 0 Å². The lowest BCUT2D eigenvalue weighted by molar-refractivity contribution is 0.133. The molecular formula is C15H23FO. The number of allylic oxidation sites excluding steroid dienone is 2. The molecule has 0 radical (unpaired) electrons. The monoisotopic (exact) mass is 238 g/mol. The molecule has 0 amide bonds. The lowest BCUT2D eigenvalue weighted by atomic mass is 9.92. The summed E-state index contributed by atoms with van der Waals surface area (Å²) < 4.78 is 0. The SMILES string of the molecule is C=C(C)/C(=C\C(C)(C)O)c1ccccc1C.F.[HH]. The number of aryl methyl sites for hydroxylation is 1. The summed E-state index contributed by atoms with van der Waals surface area (Å²) in [6, 6.07) is 8.14. The lowest BCUT2D eigenvalue weighted by Gasteiger charge is -2.17. The first-order valence-electron chi connectivity index (χ1n) is 5.48. The maximum atomic E-state index is 9.87. The van der Waals surface area contributed by atoms with Gasteiger partial charge in [0.2, 0.25) is 0 Å². The summed E-state index contributed by atoms with van der Waals surface area (Å²) in [6.45, 7) is 11.6. The predicted octanol–water partition coefficient (Wildman–Crippen LogP) is 4.12. The molecule has 0 aromatic heterocycles. The third kappa shape index (κ3) is 4.53. The van der Waals surface area contributed by atoms with Crippen LogP contribution in [0.4, 0.5) is 4.70 Å².